The molecule has 4 saturated carbocycles. The van der Waals surface area contributed by atoms with Gasteiger partial charge < -0.3 is 9.47 Å². The summed E-state index contributed by atoms with van der Waals surface area (Å²) in [5, 5.41) is 5.85. The molecule has 1 amide bonds. The van der Waals surface area contributed by atoms with E-state index in [-0.39, 0.29) is 18.1 Å². The van der Waals surface area contributed by atoms with Gasteiger partial charge in [-0.2, -0.15) is 0 Å². The Labute approximate surface area is 162 Å². The molecule has 1 N–H and O–H groups in total. The van der Waals surface area contributed by atoms with Crippen molar-refractivity contribution in [2.75, 3.05) is 12.1 Å². The van der Waals surface area contributed by atoms with E-state index in [1.165, 1.54) is 44.2 Å². The van der Waals surface area contributed by atoms with Gasteiger partial charge in [0, 0.05) is 16.4 Å². The van der Waals surface area contributed by atoms with Crippen LogP contribution in [0.1, 0.15) is 54.6 Å². The molecule has 6 heteroatoms. The predicted octanol–water partition coefficient (Wildman–Crippen LogP) is 4.59. The van der Waals surface area contributed by atoms with Gasteiger partial charge in [0.25, 0.3) is 5.91 Å². The lowest BCUT2D eigenvalue weighted by atomic mass is 9.49. The summed E-state index contributed by atoms with van der Waals surface area (Å²) in [5.74, 6) is 3.83. The quantitative estimate of drug-likeness (QED) is 0.843. The van der Waals surface area contributed by atoms with Crippen LogP contribution in [0.2, 0.25) is 0 Å². The number of hydrogen-bond acceptors (Lipinski definition) is 5. The van der Waals surface area contributed by atoms with Gasteiger partial charge >= 0.3 is 0 Å². The molecule has 5 nitrogen and oxygen atoms in total. The number of carbonyl (C=O) groups excluding carboxylic acids is 1. The van der Waals surface area contributed by atoms with Gasteiger partial charge in [-0.1, -0.05) is 0 Å². The third kappa shape index (κ3) is 2.57. The number of ether oxygens (including phenoxy) is 2. The van der Waals surface area contributed by atoms with Crippen LogP contribution in [0.25, 0.3) is 0 Å². The number of benzene rings is 1. The minimum absolute atomic E-state index is 0.153. The van der Waals surface area contributed by atoms with Crippen LogP contribution in [0.3, 0.4) is 0 Å². The number of rotatable bonds is 3. The van der Waals surface area contributed by atoms with Crippen molar-refractivity contribution in [2.45, 2.75) is 43.9 Å². The normalized spacial score (nSPS) is 32.7. The van der Waals surface area contributed by atoms with Gasteiger partial charge in [-0.15, -0.1) is 11.3 Å². The molecule has 27 heavy (non-hydrogen) atoms. The summed E-state index contributed by atoms with van der Waals surface area (Å²) in [7, 11) is 0. The van der Waals surface area contributed by atoms with Crippen LogP contribution in [-0.2, 0) is 5.41 Å². The number of fused-ring (bicyclic) bond motifs is 1. The van der Waals surface area contributed by atoms with Gasteiger partial charge in [0.2, 0.25) is 6.79 Å². The monoisotopic (exact) mass is 382 g/mol. The average Bonchev–Trinajstić information content (AvgIpc) is 3.29. The fraction of sp³-hybridized carbons (Fsp3) is 0.524. The number of nitrogens with one attached hydrogen (secondary N) is 1. The minimum atomic E-state index is -0.153. The van der Waals surface area contributed by atoms with Gasteiger partial charge in [0.1, 0.15) is 0 Å². The number of nitrogens with zero attached hydrogens (tertiary/aromatic N) is 1. The van der Waals surface area contributed by atoms with E-state index in [1.807, 2.05) is 0 Å². The van der Waals surface area contributed by atoms with Crippen molar-refractivity contribution in [3.05, 3.63) is 34.8 Å². The molecule has 5 aliphatic rings. The summed E-state index contributed by atoms with van der Waals surface area (Å²) >= 11 is 1.55. The lowest BCUT2D eigenvalue weighted by molar-refractivity contribution is -0.00688. The molecule has 1 aromatic carbocycles. The van der Waals surface area contributed by atoms with Crippen LogP contribution in [0.5, 0.6) is 11.5 Å². The molecule has 0 saturated heterocycles. The standard InChI is InChI=1S/C21H22N2O3S/c24-19(15-1-2-16-17(6-15)26-11-25-16)23-20-22-18(10-27-20)21-7-12-3-13(8-21)5-14(4-12)9-21/h1-2,6,10,12-14H,3-5,7-9,11H2,(H,22,23,24). The van der Waals surface area contributed by atoms with Crippen LogP contribution < -0.4 is 14.8 Å². The Morgan fingerprint density at radius 3 is 2.52 bits per heavy atom. The summed E-state index contributed by atoms with van der Waals surface area (Å²) in [6.07, 6.45) is 8.15. The molecule has 0 radical (unpaired) electrons. The first-order valence-electron chi connectivity index (χ1n) is 9.84. The van der Waals surface area contributed by atoms with Crippen LogP contribution in [0.15, 0.2) is 23.6 Å². The highest BCUT2D eigenvalue weighted by molar-refractivity contribution is 7.14. The first-order chi connectivity index (χ1) is 13.2. The lowest BCUT2D eigenvalue weighted by Gasteiger charge is -2.56. The fourth-order valence-corrected chi connectivity index (χ4v) is 7.03. The van der Waals surface area contributed by atoms with Crippen molar-refractivity contribution in [2.24, 2.45) is 17.8 Å². The van der Waals surface area contributed by atoms with Gasteiger partial charge in [0.05, 0.1) is 5.69 Å². The molecule has 2 heterocycles. The van der Waals surface area contributed by atoms with Gasteiger partial charge in [0.15, 0.2) is 16.6 Å². The lowest BCUT2D eigenvalue weighted by Crippen LogP contribution is -2.48. The van der Waals surface area contributed by atoms with Crippen molar-refractivity contribution in [1.82, 2.24) is 4.98 Å². The van der Waals surface area contributed by atoms with Crippen molar-refractivity contribution in [1.29, 1.82) is 0 Å². The second kappa shape index (κ2) is 5.71. The second-order valence-corrected chi connectivity index (χ2v) is 9.62. The van der Waals surface area contributed by atoms with Gasteiger partial charge in [-0.25, -0.2) is 4.98 Å². The van der Waals surface area contributed by atoms with E-state index in [0.29, 0.717) is 22.2 Å². The number of aromatic nitrogens is 1. The molecule has 4 aliphatic carbocycles. The largest absolute Gasteiger partial charge is 0.454 e. The average molecular weight is 382 g/mol. The number of hydrogen-bond donors (Lipinski definition) is 1. The summed E-state index contributed by atoms with van der Waals surface area (Å²) in [6.45, 7) is 0.210. The van der Waals surface area contributed by atoms with Gasteiger partial charge in [-0.3, -0.25) is 10.1 Å². The Balaban J connectivity index is 1.22. The zero-order chi connectivity index (χ0) is 18.0. The minimum Gasteiger partial charge on any atom is -0.454 e. The van der Waals surface area contributed by atoms with E-state index >= 15 is 0 Å². The zero-order valence-electron chi connectivity index (χ0n) is 15.1. The van der Waals surface area contributed by atoms with E-state index in [2.05, 4.69) is 10.7 Å². The summed E-state index contributed by atoms with van der Waals surface area (Å²) < 4.78 is 10.7. The fourth-order valence-electron chi connectivity index (χ4n) is 6.21. The molecule has 4 bridgehead atoms. The third-order valence-corrected chi connectivity index (χ3v) is 7.70. The molecule has 2 aromatic rings. The maximum atomic E-state index is 12.6. The van der Waals surface area contributed by atoms with Crippen molar-refractivity contribution in [3.63, 3.8) is 0 Å². The van der Waals surface area contributed by atoms with E-state index in [4.69, 9.17) is 14.5 Å². The van der Waals surface area contributed by atoms with E-state index in [9.17, 15) is 4.79 Å². The van der Waals surface area contributed by atoms with Crippen LogP contribution >= 0.6 is 11.3 Å². The zero-order valence-corrected chi connectivity index (χ0v) is 15.9. The van der Waals surface area contributed by atoms with E-state index in [1.54, 1.807) is 29.5 Å². The summed E-state index contributed by atoms with van der Waals surface area (Å²) in [5.41, 5.74) is 2.05. The first-order valence-corrected chi connectivity index (χ1v) is 10.7. The molecule has 1 aromatic heterocycles. The number of anilines is 1. The Morgan fingerprint density at radius 2 is 1.78 bits per heavy atom. The van der Waals surface area contributed by atoms with Crippen LogP contribution in [0, 0.1) is 17.8 Å². The Morgan fingerprint density at radius 1 is 1.07 bits per heavy atom. The number of amides is 1. The predicted molar refractivity (Wildman–Crippen MR) is 102 cm³/mol. The maximum Gasteiger partial charge on any atom is 0.257 e. The number of carbonyl (C=O) groups is 1. The maximum absolute atomic E-state index is 12.6. The molecule has 7 rings (SSSR count). The molecule has 0 unspecified atom stereocenters. The molecule has 0 spiro atoms. The Hall–Kier alpha value is -2.08. The molecular formula is C21H22N2O3S. The van der Waals surface area contributed by atoms with Crippen molar-refractivity contribution < 1.29 is 14.3 Å². The summed E-state index contributed by atoms with van der Waals surface area (Å²) in [4.78, 5) is 17.5. The van der Waals surface area contributed by atoms with Crippen LogP contribution in [-0.4, -0.2) is 17.7 Å². The van der Waals surface area contributed by atoms with Crippen molar-refractivity contribution in [3.8, 4) is 11.5 Å². The smallest absolute Gasteiger partial charge is 0.257 e. The van der Waals surface area contributed by atoms with E-state index < -0.39 is 0 Å². The number of thiazole rings is 1. The van der Waals surface area contributed by atoms with Crippen LogP contribution in [0.4, 0.5) is 5.13 Å². The molecule has 0 atom stereocenters. The van der Waals surface area contributed by atoms with Gasteiger partial charge in [-0.05, 0) is 74.5 Å². The molecule has 4 fully saturated rings. The molecular weight excluding hydrogens is 360 g/mol. The Bertz CT molecular complexity index is 887. The Kier molecular flexibility index (Phi) is 3.37. The SMILES string of the molecule is O=C(Nc1nc(C23CC4CC(CC(C4)C2)C3)cs1)c1ccc2c(c1)OCO2. The summed E-state index contributed by atoms with van der Waals surface area (Å²) in [6, 6.07) is 5.27. The third-order valence-electron chi connectivity index (χ3n) is 6.94. The highest BCUT2D eigenvalue weighted by Crippen LogP contribution is 2.60. The topological polar surface area (TPSA) is 60.5 Å². The molecule has 1 aliphatic heterocycles. The highest BCUT2D eigenvalue weighted by Gasteiger charge is 2.52. The van der Waals surface area contributed by atoms with E-state index in [0.717, 1.165) is 17.8 Å². The van der Waals surface area contributed by atoms with Crippen molar-refractivity contribution >= 4 is 22.4 Å². The molecule has 140 valence electrons. The highest BCUT2D eigenvalue weighted by atomic mass is 32.1. The second-order valence-electron chi connectivity index (χ2n) is 8.76. The first kappa shape index (κ1) is 15.9.